The Kier molecular flexibility index (Phi) is 3.20. The Bertz CT molecular complexity index is 455. The summed E-state index contributed by atoms with van der Waals surface area (Å²) in [4.78, 5) is 8.18. The van der Waals surface area contributed by atoms with Crippen LogP contribution in [0.2, 0.25) is 0 Å². The molecule has 1 aromatic heterocycles. The van der Waals surface area contributed by atoms with E-state index in [1.54, 1.807) is 12.4 Å². The van der Waals surface area contributed by atoms with Crippen LogP contribution in [0.25, 0.3) is 0 Å². The van der Waals surface area contributed by atoms with Gasteiger partial charge in [0.05, 0.1) is 18.1 Å². The average Bonchev–Trinajstić information content (AvgIpc) is 2.28. The van der Waals surface area contributed by atoms with Gasteiger partial charge in [-0.3, -0.25) is 0 Å². The monoisotopic (exact) mass is 241 g/mol. The van der Waals surface area contributed by atoms with Crippen molar-refractivity contribution in [3.05, 3.63) is 23.8 Å². The summed E-state index contributed by atoms with van der Waals surface area (Å²) in [5.74, 6) is 1.16. The minimum Gasteiger partial charge on any atom is -0.324 e. The molecule has 1 aliphatic heterocycles. The summed E-state index contributed by atoms with van der Waals surface area (Å²) in [5, 5.41) is 0. The Morgan fingerprint density at radius 1 is 1.38 bits per heavy atom. The zero-order valence-electron chi connectivity index (χ0n) is 8.96. The van der Waals surface area contributed by atoms with Crippen LogP contribution in [-0.4, -0.2) is 29.9 Å². The molecule has 2 rings (SSSR count). The summed E-state index contributed by atoms with van der Waals surface area (Å²) in [6.07, 6.45) is 5.01. The van der Waals surface area contributed by atoms with Crippen LogP contribution in [0.15, 0.2) is 12.4 Å². The first-order chi connectivity index (χ1) is 7.61. The molecule has 2 N–H and O–H groups in total. The van der Waals surface area contributed by atoms with Crippen LogP contribution in [0.4, 0.5) is 0 Å². The lowest BCUT2D eigenvalue weighted by molar-refractivity contribution is 0.552. The van der Waals surface area contributed by atoms with Gasteiger partial charge in [-0.05, 0) is 18.4 Å². The standard InChI is InChI=1S/C10H15N3O2S/c11-4-10-12-5-9(6-13-10)8-2-1-3-16(14,15)7-8/h5-6,8H,1-4,7,11H2. The maximum atomic E-state index is 11.5. The lowest BCUT2D eigenvalue weighted by Crippen LogP contribution is -2.24. The fourth-order valence-corrected chi connectivity index (χ4v) is 3.71. The van der Waals surface area contributed by atoms with E-state index in [1.807, 2.05) is 0 Å². The highest BCUT2D eigenvalue weighted by Crippen LogP contribution is 2.27. The van der Waals surface area contributed by atoms with Crippen LogP contribution in [0.3, 0.4) is 0 Å². The van der Waals surface area contributed by atoms with Crippen molar-refractivity contribution in [2.75, 3.05) is 11.5 Å². The summed E-state index contributed by atoms with van der Waals surface area (Å²) in [6, 6.07) is 0. The fourth-order valence-electron chi connectivity index (χ4n) is 1.97. The molecule has 0 aliphatic carbocycles. The third-order valence-corrected chi connectivity index (χ3v) is 4.66. The molecule has 1 aromatic rings. The van der Waals surface area contributed by atoms with Gasteiger partial charge in [0.1, 0.15) is 5.82 Å². The quantitative estimate of drug-likeness (QED) is 0.801. The number of hydrogen-bond acceptors (Lipinski definition) is 5. The van der Waals surface area contributed by atoms with E-state index in [-0.39, 0.29) is 11.7 Å². The van der Waals surface area contributed by atoms with Gasteiger partial charge in [-0.15, -0.1) is 0 Å². The zero-order chi connectivity index (χ0) is 11.6. The molecule has 1 fully saturated rings. The van der Waals surface area contributed by atoms with E-state index in [1.165, 1.54) is 0 Å². The van der Waals surface area contributed by atoms with Gasteiger partial charge in [-0.25, -0.2) is 18.4 Å². The third-order valence-electron chi connectivity index (χ3n) is 2.84. The molecule has 88 valence electrons. The molecule has 2 heterocycles. The van der Waals surface area contributed by atoms with Crippen LogP contribution >= 0.6 is 0 Å². The van der Waals surface area contributed by atoms with Gasteiger partial charge in [0.15, 0.2) is 9.84 Å². The van der Waals surface area contributed by atoms with Crippen LogP contribution in [-0.2, 0) is 16.4 Å². The van der Waals surface area contributed by atoms with Gasteiger partial charge in [0.2, 0.25) is 0 Å². The molecule has 1 unspecified atom stereocenters. The first-order valence-electron chi connectivity index (χ1n) is 5.32. The van der Waals surface area contributed by atoms with E-state index in [9.17, 15) is 8.42 Å². The first kappa shape index (κ1) is 11.5. The molecule has 0 bridgehead atoms. The fraction of sp³-hybridized carbons (Fsp3) is 0.600. The second-order valence-electron chi connectivity index (χ2n) is 4.09. The zero-order valence-corrected chi connectivity index (χ0v) is 9.78. The minimum atomic E-state index is -2.88. The van der Waals surface area contributed by atoms with Crippen molar-refractivity contribution < 1.29 is 8.42 Å². The minimum absolute atomic E-state index is 0.0468. The Labute approximate surface area is 95.0 Å². The Morgan fingerprint density at radius 2 is 2.06 bits per heavy atom. The predicted molar refractivity (Wildman–Crippen MR) is 60.6 cm³/mol. The second-order valence-corrected chi connectivity index (χ2v) is 6.32. The van der Waals surface area contributed by atoms with Gasteiger partial charge in [0, 0.05) is 18.3 Å². The van der Waals surface area contributed by atoms with Gasteiger partial charge in [0.25, 0.3) is 0 Å². The highest BCUT2D eigenvalue weighted by molar-refractivity contribution is 7.91. The van der Waals surface area contributed by atoms with Crippen LogP contribution in [0.1, 0.15) is 30.1 Å². The van der Waals surface area contributed by atoms with Crippen molar-refractivity contribution in [2.24, 2.45) is 5.73 Å². The highest BCUT2D eigenvalue weighted by Gasteiger charge is 2.26. The number of rotatable bonds is 2. The molecule has 6 heteroatoms. The molecule has 0 radical (unpaired) electrons. The van der Waals surface area contributed by atoms with Crippen molar-refractivity contribution in [3.63, 3.8) is 0 Å². The maximum Gasteiger partial charge on any atom is 0.150 e. The number of sulfone groups is 1. The van der Waals surface area contributed by atoms with Gasteiger partial charge in [-0.2, -0.15) is 0 Å². The van der Waals surface area contributed by atoms with Gasteiger partial charge in [-0.1, -0.05) is 0 Å². The van der Waals surface area contributed by atoms with E-state index in [4.69, 9.17) is 5.73 Å². The van der Waals surface area contributed by atoms with Crippen molar-refractivity contribution >= 4 is 9.84 Å². The summed E-state index contributed by atoms with van der Waals surface area (Å²) in [6.45, 7) is 0.309. The van der Waals surface area contributed by atoms with Crippen LogP contribution in [0, 0.1) is 0 Å². The summed E-state index contributed by atoms with van der Waals surface area (Å²) in [7, 11) is -2.88. The Hall–Kier alpha value is -1.01. The van der Waals surface area contributed by atoms with E-state index in [2.05, 4.69) is 9.97 Å². The van der Waals surface area contributed by atoms with E-state index in [0.717, 1.165) is 18.4 Å². The number of hydrogen-bond donors (Lipinski definition) is 1. The molecule has 1 saturated heterocycles. The lowest BCUT2D eigenvalue weighted by atomic mass is 9.99. The largest absolute Gasteiger partial charge is 0.324 e. The summed E-state index contributed by atoms with van der Waals surface area (Å²) < 4.78 is 23.0. The molecular formula is C10H15N3O2S. The van der Waals surface area contributed by atoms with E-state index in [0.29, 0.717) is 18.1 Å². The first-order valence-corrected chi connectivity index (χ1v) is 7.14. The molecule has 0 spiro atoms. The Balaban J connectivity index is 2.17. The number of nitrogens with two attached hydrogens (primary N) is 1. The SMILES string of the molecule is NCc1ncc(C2CCCS(=O)(=O)C2)cn1. The molecule has 1 atom stereocenters. The molecule has 16 heavy (non-hydrogen) atoms. The maximum absolute atomic E-state index is 11.5. The molecule has 0 aromatic carbocycles. The summed E-state index contributed by atoms with van der Waals surface area (Å²) in [5.41, 5.74) is 6.30. The third kappa shape index (κ3) is 2.56. The van der Waals surface area contributed by atoms with Gasteiger partial charge < -0.3 is 5.73 Å². The number of nitrogens with zero attached hydrogens (tertiary/aromatic N) is 2. The van der Waals surface area contributed by atoms with E-state index < -0.39 is 9.84 Å². The topological polar surface area (TPSA) is 85.9 Å². The molecule has 5 nitrogen and oxygen atoms in total. The molecule has 0 saturated carbocycles. The second kappa shape index (κ2) is 4.47. The highest BCUT2D eigenvalue weighted by atomic mass is 32.2. The summed E-state index contributed by atoms with van der Waals surface area (Å²) >= 11 is 0. The van der Waals surface area contributed by atoms with Crippen molar-refractivity contribution in [2.45, 2.75) is 25.3 Å². The van der Waals surface area contributed by atoms with Crippen LogP contribution < -0.4 is 5.73 Å². The van der Waals surface area contributed by atoms with E-state index >= 15 is 0 Å². The number of aromatic nitrogens is 2. The predicted octanol–water partition coefficient (Wildman–Crippen LogP) is 0.227. The molecule has 1 aliphatic rings. The molecule has 0 amide bonds. The van der Waals surface area contributed by atoms with Crippen LogP contribution in [0.5, 0.6) is 0 Å². The Morgan fingerprint density at radius 3 is 2.62 bits per heavy atom. The normalized spacial score (nSPS) is 24.2. The van der Waals surface area contributed by atoms with Crippen molar-refractivity contribution in [3.8, 4) is 0 Å². The average molecular weight is 241 g/mol. The lowest BCUT2D eigenvalue weighted by Gasteiger charge is -2.21. The molecular weight excluding hydrogens is 226 g/mol. The smallest absolute Gasteiger partial charge is 0.150 e. The van der Waals surface area contributed by atoms with Crippen molar-refractivity contribution in [1.82, 2.24) is 9.97 Å². The van der Waals surface area contributed by atoms with Gasteiger partial charge >= 0.3 is 0 Å². The van der Waals surface area contributed by atoms with Crippen molar-refractivity contribution in [1.29, 1.82) is 0 Å².